The van der Waals surface area contributed by atoms with Crippen molar-refractivity contribution in [1.82, 2.24) is 4.57 Å². The minimum absolute atomic E-state index is 0.0511. The fourth-order valence-electron chi connectivity index (χ4n) is 5.27. The predicted octanol–water partition coefficient (Wildman–Crippen LogP) is 4.95. The highest BCUT2D eigenvalue weighted by molar-refractivity contribution is 14.1. The van der Waals surface area contributed by atoms with Crippen molar-refractivity contribution in [3.63, 3.8) is 0 Å². The van der Waals surface area contributed by atoms with Crippen molar-refractivity contribution >= 4 is 45.7 Å². The fourth-order valence-corrected chi connectivity index (χ4v) is 7.03. The van der Waals surface area contributed by atoms with Gasteiger partial charge in [-0.2, -0.15) is 0 Å². The SMILES string of the molecule is COc1ccc(C=c2sc3n(c2=O)C(c2ccc(OC)c(OC)c2)C2=C(N=3)c3ccccc3CC2)cc1I. The molecule has 3 aromatic carbocycles. The monoisotopic (exact) mass is 636 g/mol. The van der Waals surface area contributed by atoms with Crippen LogP contribution in [0.5, 0.6) is 17.2 Å². The van der Waals surface area contributed by atoms with Crippen LogP contribution < -0.4 is 29.1 Å². The maximum absolute atomic E-state index is 14.0. The maximum Gasteiger partial charge on any atom is 0.271 e. The second-order valence-electron chi connectivity index (χ2n) is 9.12. The molecule has 0 fully saturated rings. The van der Waals surface area contributed by atoms with Crippen molar-refractivity contribution in [3.05, 3.63) is 112 Å². The summed E-state index contributed by atoms with van der Waals surface area (Å²) in [5.41, 5.74) is 6.40. The molecule has 192 valence electrons. The molecule has 0 radical (unpaired) electrons. The molecule has 1 aliphatic carbocycles. The van der Waals surface area contributed by atoms with E-state index in [4.69, 9.17) is 19.2 Å². The highest BCUT2D eigenvalue weighted by Gasteiger charge is 2.33. The highest BCUT2D eigenvalue weighted by Crippen LogP contribution is 2.42. The second-order valence-corrected chi connectivity index (χ2v) is 11.3. The molecule has 0 bridgehead atoms. The molecule has 1 aliphatic heterocycles. The van der Waals surface area contributed by atoms with E-state index in [1.165, 1.54) is 16.9 Å². The third kappa shape index (κ3) is 4.16. The van der Waals surface area contributed by atoms with Crippen LogP contribution in [0.15, 0.2) is 76.0 Å². The Morgan fingerprint density at radius 3 is 2.47 bits per heavy atom. The summed E-state index contributed by atoms with van der Waals surface area (Å²) in [6.07, 6.45) is 3.67. The quantitative estimate of drug-likeness (QED) is 0.291. The Bertz CT molecular complexity index is 1790. The third-order valence-electron chi connectivity index (χ3n) is 7.07. The molecular formula is C30H25IN2O4S. The van der Waals surface area contributed by atoms with E-state index in [2.05, 4.69) is 46.9 Å². The van der Waals surface area contributed by atoms with E-state index in [1.807, 2.05) is 47.0 Å². The van der Waals surface area contributed by atoms with E-state index in [0.717, 1.165) is 50.1 Å². The molecule has 6 rings (SSSR count). The molecular weight excluding hydrogens is 611 g/mol. The van der Waals surface area contributed by atoms with Crippen LogP contribution in [-0.2, 0) is 6.42 Å². The number of nitrogens with zero attached hydrogens (tertiary/aromatic N) is 2. The lowest BCUT2D eigenvalue weighted by atomic mass is 9.83. The molecule has 38 heavy (non-hydrogen) atoms. The number of aryl methyl sites for hydroxylation is 1. The van der Waals surface area contributed by atoms with Crippen LogP contribution in [0.3, 0.4) is 0 Å². The normalized spacial score (nSPS) is 16.3. The van der Waals surface area contributed by atoms with Crippen LogP contribution in [-0.4, -0.2) is 25.9 Å². The zero-order valence-corrected chi connectivity index (χ0v) is 24.1. The first kappa shape index (κ1) is 24.9. The molecule has 6 nitrogen and oxygen atoms in total. The number of benzene rings is 3. The number of ether oxygens (including phenoxy) is 3. The van der Waals surface area contributed by atoms with Crippen LogP contribution in [0.25, 0.3) is 11.8 Å². The number of hydrogen-bond donors (Lipinski definition) is 0. The van der Waals surface area contributed by atoms with Crippen molar-refractivity contribution in [2.45, 2.75) is 18.9 Å². The summed E-state index contributed by atoms with van der Waals surface area (Å²) in [6, 6.07) is 19.9. The molecule has 1 atom stereocenters. The number of halogens is 1. The Morgan fingerprint density at radius 2 is 1.71 bits per heavy atom. The van der Waals surface area contributed by atoms with Gasteiger partial charge in [-0.25, -0.2) is 4.99 Å². The fraction of sp³-hybridized carbons (Fsp3) is 0.200. The van der Waals surface area contributed by atoms with E-state index in [0.29, 0.717) is 20.8 Å². The van der Waals surface area contributed by atoms with Crippen LogP contribution in [0.2, 0.25) is 0 Å². The van der Waals surface area contributed by atoms with Crippen LogP contribution >= 0.6 is 33.9 Å². The average Bonchev–Trinajstić information content (AvgIpc) is 3.25. The molecule has 8 heteroatoms. The van der Waals surface area contributed by atoms with E-state index in [-0.39, 0.29) is 11.6 Å². The minimum atomic E-state index is -0.285. The summed E-state index contributed by atoms with van der Waals surface area (Å²) in [5, 5.41) is 0. The second kappa shape index (κ2) is 10.1. The first-order chi connectivity index (χ1) is 18.5. The number of aromatic nitrogens is 1. The number of thiazole rings is 1. The first-order valence-electron chi connectivity index (χ1n) is 12.2. The van der Waals surface area contributed by atoms with Gasteiger partial charge in [0.25, 0.3) is 5.56 Å². The number of hydrogen-bond acceptors (Lipinski definition) is 6. The van der Waals surface area contributed by atoms with Crippen molar-refractivity contribution in [1.29, 1.82) is 0 Å². The van der Waals surface area contributed by atoms with Crippen LogP contribution in [0.1, 0.15) is 34.7 Å². The molecule has 1 aromatic heterocycles. The maximum atomic E-state index is 14.0. The lowest BCUT2D eigenvalue weighted by Crippen LogP contribution is -2.38. The number of allylic oxidation sites excluding steroid dienone is 1. The van der Waals surface area contributed by atoms with Gasteiger partial charge in [-0.15, -0.1) is 0 Å². The Hall–Kier alpha value is -3.37. The lowest BCUT2D eigenvalue weighted by Gasteiger charge is -2.31. The van der Waals surface area contributed by atoms with Gasteiger partial charge < -0.3 is 14.2 Å². The third-order valence-corrected chi connectivity index (χ3v) is 8.90. The predicted molar refractivity (Wildman–Crippen MR) is 158 cm³/mol. The summed E-state index contributed by atoms with van der Waals surface area (Å²) >= 11 is 3.67. The van der Waals surface area contributed by atoms with Crippen LogP contribution in [0, 0.1) is 3.57 Å². The summed E-state index contributed by atoms with van der Waals surface area (Å²) in [7, 11) is 4.91. The van der Waals surface area contributed by atoms with Gasteiger partial charge >= 0.3 is 0 Å². The van der Waals surface area contributed by atoms with Crippen molar-refractivity contribution in [2.24, 2.45) is 4.99 Å². The molecule has 2 heterocycles. The smallest absolute Gasteiger partial charge is 0.271 e. The van der Waals surface area contributed by atoms with E-state index in [9.17, 15) is 4.79 Å². The lowest BCUT2D eigenvalue weighted by molar-refractivity contribution is 0.354. The molecule has 4 aromatic rings. The van der Waals surface area contributed by atoms with E-state index >= 15 is 0 Å². The average molecular weight is 637 g/mol. The molecule has 0 spiro atoms. The molecule has 0 saturated carbocycles. The summed E-state index contributed by atoms with van der Waals surface area (Å²) in [4.78, 5) is 19.8. The highest BCUT2D eigenvalue weighted by atomic mass is 127. The molecule has 0 saturated heterocycles. The van der Waals surface area contributed by atoms with Gasteiger partial charge in [-0.1, -0.05) is 47.7 Å². The van der Waals surface area contributed by atoms with E-state index in [1.54, 1.807) is 21.3 Å². The molecule has 0 amide bonds. The van der Waals surface area contributed by atoms with E-state index < -0.39 is 0 Å². The van der Waals surface area contributed by atoms with Crippen LogP contribution in [0.4, 0.5) is 0 Å². The molecule has 1 unspecified atom stereocenters. The summed E-state index contributed by atoms with van der Waals surface area (Å²) < 4.78 is 20.0. The summed E-state index contributed by atoms with van der Waals surface area (Å²) in [5.74, 6) is 2.10. The number of methoxy groups -OCH3 is 3. The molecule has 0 N–H and O–H groups in total. The van der Waals surface area contributed by atoms with Gasteiger partial charge in [0.15, 0.2) is 16.3 Å². The standard InChI is InChI=1S/C30H25IN2O4S/c1-35-23-12-8-17(14-22(23)31)15-26-29(34)33-28(19-10-13-24(36-2)25(16-19)37-3)21-11-9-18-6-4-5-7-20(18)27(21)32-30(33)38-26/h4-8,10,12-16,28H,9,11H2,1-3H3. The topological polar surface area (TPSA) is 62.0 Å². The zero-order chi connectivity index (χ0) is 26.4. The van der Waals surface area contributed by atoms with Gasteiger partial charge in [-0.3, -0.25) is 9.36 Å². The Labute approximate surface area is 237 Å². The van der Waals surface area contributed by atoms with Gasteiger partial charge in [0.1, 0.15) is 5.75 Å². The van der Waals surface area contributed by atoms with Crippen molar-refractivity contribution in [3.8, 4) is 17.2 Å². The Balaban J connectivity index is 1.60. The first-order valence-corrected chi connectivity index (χ1v) is 14.1. The van der Waals surface area contributed by atoms with Gasteiger partial charge in [0, 0.05) is 5.56 Å². The minimum Gasteiger partial charge on any atom is -0.496 e. The van der Waals surface area contributed by atoms with Gasteiger partial charge in [0.05, 0.1) is 41.2 Å². The summed E-state index contributed by atoms with van der Waals surface area (Å²) in [6.45, 7) is 0. The van der Waals surface area contributed by atoms with Gasteiger partial charge in [-0.05, 0) is 88.0 Å². The zero-order valence-electron chi connectivity index (χ0n) is 21.2. The van der Waals surface area contributed by atoms with Crippen molar-refractivity contribution in [2.75, 3.05) is 21.3 Å². The van der Waals surface area contributed by atoms with Gasteiger partial charge in [0.2, 0.25) is 0 Å². The Kier molecular flexibility index (Phi) is 6.61. The number of fused-ring (bicyclic) bond motifs is 3. The number of rotatable bonds is 5. The van der Waals surface area contributed by atoms with Crippen molar-refractivity contribution < 1.29 is 14.2 Å². The Morgan fingerprint density at radius 1 is 0.947 bits per heavy atom. The molecule has 2 aliphatic rings. The largest absolute Gasteiger partial charge is 0.496 e.